The maximum absolute atomic E-state index is 12.9. The van der Waals surface area contributed by atoms with Crippen molar-refractivity contribution in [3.63, 3.8) is 0 Å². The summed E-state index contributed by atoms with van der Waals surface area (Å²) in [6.45, 7) is 4.97. The molecule has 2 amide bonds. The number of fused-ring (bicyclic) bond motifs is 1. The van der Waals surface area contributed by atoms with E-state index in [2.05, 4.69) is 34.4 Å². The summed E-state index contributed by atoms with van der Waals surface area (Å²) in [4.78, 5) is 42.5. The number of carbonyl (C=O) groups excluding carboxylic acids is 2. The molecule has 1 aliphatic heterocycles. The fourth-order valence-electron chi connectivity index (χ4n) is 4.18. The highest BCUT2D eigenvalue weighted by atomic mass is 16.4. The van der Waals surface area contributed by atoms with E-state index in [0.29, 0.717) is 36.6 Å². The Labute approximate surface area is 204 Å². The number of pyridine rings is 1. The summed E-state index contributed by atoms with van der Waals surface area (Å²) in [6.07, 6.45) is 3.81. The molecule has 1 aliphatic rings. The molecule has 8 nitrogen and oxygen atoms in total. The zero-order valence-corrected chi connectivity index (χ0v) is 19.7. The van der Waals surface area contributed by atoms with E-state index in [-0.39, 0.29) is 5.91 Å². The molecule has 2 aromatic carbocycles. The minimum absolute atomic E-state index is 0.177. The van der Waals surface area contributed by atoms with Crippen LogP contribution in [-0.4, -0.2) is 41.0 Å². The number of nitrogens with one attached hydrogen (secondary N) is 2. The maximum Gasteiger partial charge on any atom is 0.322 e. The van der Waals surface area contributed by atoms with Crippen LogP contribution in [0, 0.1) is 0 Å². The molecule has 35 heavy (non-hydrogen) atoms. The van der Waals surface area contributed by atoms with Crippen molar-refractivity contribution in [2.45, 2.75) is 32.7 Å². The number of amides is 2. The number of rotatable bonds is 7. The van der Waals surface area contributed by atoms with Crippen LogP contribution in [0.4, 0.5) is 11.4 Å². The number of carboxylic acid groups (broad SMARTS) is 1. The largest absolute Gasteiger partial charge is 0.480 e. The van der Waals surface area contributed by atoms with Crippen molar-refractivity contribution in [3.05, 3.63) is 88.7 Å². The number of carbonyl (C=O) groups is 3. The summed E-state index contributed by atoms with van der Waals surface area (Å²) in [6, 6.07) is 15.3. The van der Waals surface area contributed by atoms with Crippen LogP contribution in [0.2, 0.25) is 0 Å². The number of aliphatic carboxylic acids is 1. The van der Waals surface area contributed by atoms with Gasteiger partial charge in [0.1, 0.15) is 6.54 Å². The number of hydrogen-bond acceptors (Lipinski definition) is 5. The molecule has 3 aromatic rings. The number of nitrogens with zero attached hydrogens (tertiary/aromatic N) is 2. The molecule has 1 aromatic heterocycles. The predicted octanol–water partition coefficient (Wildman–Crippen LogP) is 3.83. The molecule has 3 N–H and O–H groups in total. The van der Waals surface area contributed by atoms with E-state index in [4.69, 9.17) is 5.11 Å². The van der Waals surface area contributed by atoms with Crippen LogP contribution in [0.15, 0.2) is 60.9 Å². The highest BCUT2D eigenvalue weighted by molar-refractivity contribution is 6.05. The Balaban J connectivity index is 1.49. The van der Waals surface area contributed by atoms with Crippen molar-refractivity contribution >= 4 is 29.2 Å². The second-order valence-electron chi connectivity index (χ2n) is 8.86. The van der Waals surface area contributed by atoms with Crippen LogP contribution < -0.4 is 15.5 Å². The molecule has 8 heteroatoms. The van der Waals surface area contributed by atoms with Gasteiger partial charge in [-0.2, -0.15) is 0 Å². The van der Waals surface area contributed by atoms with Gasteiger partial charge in [-0.15, -0.1) is 0 Å². The second-order valence-corrected chi connectivity index (χ2v) is 8.86. The molecular formula is C27H28N4O4. The quantitative estimate of drug-likeness (QED) is 0.482. The highest BCUT2D eigenvalue weighted by Crippen LogP contribution is 2.27. The molecule has 4 rings (SSSR count). The van der Waals surface area contributed by atoms with Crippen LogP contribution in [-0.2, 0) is 17.8 Å². The molecule has 0 fully saturated rings. The van der Waals surface area contributed by atoms with Crippen molar-refractivity contribution in [2.24, 2.45) is 0 Å². The summed E-state index contributed by atoms with van der Waals surface area (Å²) < 4.78 is 0. The highest BCUT2D eigenvalue weighted by Gasteiger charge is 2.23. The van der Waals surface area contributed by atoms with Crippen LogP contribution in [0.25, 0.3) is 0 Å². The van der Waals surface area contributed by atoms with E-state index in [1.165, 1.54) is 6.20 Å². The van der Waals surface area contributed by atoms with Gasteiger partial charge in [0.2, 0.25) is 0 Å². The Kier molecular flexibility index (Phi) is 7.10. The second kappa shape index (κ2) is 10.4. The van der Waals surface area contributed by atoms with Gasteiger partial charge in [0.15, 0.2) is 0 Å². The Bertz CT molecular complexity index is 1270. The van der Waals surface area contributed by atoms with Crippen LogP contribution >= 0.6 is 0 Å². The van der Waals surface area contributed by atoms with Crippen LogP contribution in [0.1, 0.15) is 57.2 Å². The van der Waals surface area contributed by atoms with Gasteiger partial charge in [0.25, 0.3) is 11.8 Å². The molecule has 0 bridgehead atoms. The fraction of sp³-hybridized carbons (Fsp3) is 0.259. The van der Waals surface area contributed by atoms with Crippen molar-refractivity contribution < 1.29 is 19.5 Å². The summed E-state index contributed by atoms with van der Waals surface area (Å²) in [5.41, 5.74) is 5.56. The topological polar surface area (TPSA) is 112 Å². The lowest BCUT2D eigenvalue weighted by molar-refractivity contribution is -0.135. The van der Waals surface area contributed by atoms with E-state index in [1.54, 1.807) is 12.3 Å². The zero-order chi connectivity index (χ0) is 24.9. The Morgan fingerprint density at radius 2 is 1.86 bits per heavy atom. The molecule has 0 atom stereocenters. The van der Waals surface area contributed by atoms with Gasteiger partial charge in [0, 0.05) is 42.4 Å². The van der Waals surface area contributed by atoms with Gasteiger partial charge in [-0.05, 0) is 59.4 Å². The van der Waals surface area contributed by atoms with E-state index in [1.807, 2.05) is 42.5 Å². The molecule has 0 unspecified atom stereocenters. The van der Waals surface area contributed by atoms with E-state index >= 15 is 0 Å². The summed E-state index contributed by atoms with van der Waals surface area (Å²) in [7, 11) is 0. The number of hydrogen-bond donors (Lipinski definition) is 3. The number of carboxylic acids is 1. The number of benzene rings is 2. The molecule has 0 radical (unpaired) electrons. The Morgan fingerprint density at radius 1 is 1.06 bits per heavy atom. The first-order valence-corrected chi connectivity index (χ1v) is 11.5. The van der Waals surface area contributed by atoms with Gasteiger partial charge in [0.05, 0.1) is 5.56 Å². The summed E-state index contributed by atoms with van der Waals surface area (Å²) in [5, 5.41) is 14.2. The Morgan fingerprint density at radius 3 is 2.63 bits per heavy atom. The zero-order valence-electron chi connectivity index (χ0n) is 19.7. The molecule has 2 heterocycles. The van der Waals surface area contributed by atoms with Gasteiger partial charge < -0.3 is 20.6 Å². The van der Waals surface area contributed by atoms with Crippen molar-refractivity contribution in [1.29, 1.82) is 0 Å². The molecular weight excluding hydrogens is 444 g/mol. The van der Waals surface area contributed by atoms with Gasteiger partial charge >= 0.3 is 5.97 Å². The lowest BCUT2D eigenvalue weighted by Crippen LogP contribution is -2.34. The lowest BCUT2D eigenvalue weighted by Gasteiger charge is -2.31. The Hall–Kier alpha value is -4.20. The standard InChI is InChI=1S/C27H28N4O4/c1-17(2)18-5-3-7-21(11-18)30-26(34)19-6-4-8-22(12-19)31-10-9-23-20(16-31)13-28-14-24(23)27(35)29-15-25(32)33/h3-8,11-14,17H,9-10,15-16H2,1-2H3,(H,29,35)(H,30,34)(H,32,33). The SMILES string of the molecule is CC(C)c1cccc(NC(=O)c2cccc(N3CCc4c(cncc4C(=O)NCC(=O)O)C3)c2)c1. The van der Waals surface area contributed by atoms with Gasteiger partial charge in [-0.25, -0.2) is 0 Å². The monoisotopic (exact) mass is 472 g/mol. The molecule has 0 aliphatic carbocycles. The third-order valence-electron chi connectivity index (χ3n) is 6.07. The maximum atomic E-state index is 12.9. The van der Waals surface area contributed by atoms with Crippen LogP contribution in [0.3, 0.4) is 0 Å². The third-order valence-corrected chi connectivity index (χ3v) is 6.07. The van der Waals surface area contributed by atoms with E-state index in [9.17, 15) is 14.4 Å². The van der Waals surface area contributed by atoms with Gasteiger partial charge in [-0.1, -0.05) is 32.0 Å². The minimum atomic E-state index is -1.10. The number of anilines is 2. The fourth-order valence-corrected chi connectivity index (χ4v) is 4.18. The average Bonchev–Trinajstić information content (AvgIpc) is 2.86. The predicted molar refractivity (Wildman–Crippen MR) is 134 cm³/mol. The lowest BCUT2D eigenvalue weighted by atomic mass is 9.96. The normalized spacial score (nSPS) is 12.7. The first-order valence-electron chi connectivity index (χ1n) is 11.5. The van der Waals surface area contributed by atoms with Crippen molar-refractivity contribution in [1.82, 2.24) is 10.3 Å². The third kappa shape index (κ3) is 5.66. The van der Waals surface area contributed by atoms with E-state index < -0.39 is 18.4 Å². The molecule has 0 saturated carbocycles. The van der Waals surface area contributed by atoms with Crippen LogP contribution in [0.5, 0.6) is 0 Å². The van der Waals surface area contributed by atoms with E-state index in [0.717, 1.165) is 28.1 Å². The van der Waals surface area contributed by atoms with Crippen molar-refractivity contribution in [3.8, 4) is 0 Å². The first-order chi connectivity index (χ1) is 16.8. The minimum Gasteiger partial charge on any atom is -0.480 e. The first kappa shape index (κ1) is 23.9. The molecule has 0 spiro atoms. The number of aromatic nitrogens is 1. The molecule has 180 valence electrons. The van der Waals surface area contributed by atoms with Crippen molar-refractivity contribution in [2.75, 3.05) is 23.3 Å². The smallest absolute Gasteiger partial charge is 0.322 e. The molecule has 0 saturated heterocycles. The van der Waals surface area contributed by atoms with Gasteiger partial charge in [-0.3, -0.25) is 19.4 Å². The average molecular weight is 473 g/mol. The summed E-state index contributed by atoms with van der Waals surface area (Å²) in [5.74, 6) is -1.34. The summed E-state index contributed by atoms with van der Waals surface area (Å²) >= 11 is 0.